The lowest BCUT2D eigenvalue weighted by Gasteiger charge is -2.33. The van der Waals surface area contributed by atoms with Gasteiger partial charge in [-0.15, -0.1) is 12.4 Å². The first-order valence-electron chi connectivity index (χ1n) is 9.94. The summed E-state index contributed by atoms with van der Waals surface area (Å²) in [5.41, 5.74) is 7.90. The van der Waals surface area contributed by atoms with E-state index in [0.29, 0.717) is 24.6 Å². The fourth-order valence-electron chi connectivity index (χ4n) is 3.50. The molecule has 0 radical (unpaired) electrons. The second-order valence-corrected chi connectivity index (χ2v) is 7.37. The van der Waals surface area contributed by atoms with Gasteiger partial charge < -0.3 is 16.0 Å². The summed E-state index contributed by atoms with van der Waals surface area (Å²) >= 11 is 0. The number of hydrogen-bond acceptors (Lipinski definition) is 3. The van der Waals surface area contributed by atoms with Crippen molar-refractivity contribution in [2.24, 2.45) is 5.73 Å². The largest absolute Gasteiger partial charge is 0.336 e. The van der Waals surface area contributed by atoms with Crippen molar-refractivity contribution in [1.82, 2.24) is 4.90 Å². The SMILES string of the molecule is Cc1cc(C(=O)N2CCCCC2C)ccc1NC(=O)CCCCCCN.Cl. The molecular formula is C21H34ClN3O2. The normalized spacial score (nSPS) is 16.6. The van der Waals surface area contributed by atoms with Crippen LogP contribution in [0.4, 0.5) is 5.69 Å². The van der Waals surface area contributed by atoms with Crippen LogP contribution in [0.25, 0.3) is 0 Å². The van der Waals surface area contributed by atoms with Gasteiger partial charge in [-0.1, -0.05) is 12.8 Å². The molecule has 27 heavy (non-hydrogen) atoms. The molecule has 0 aliphatic carbocycles. The van der Waals surface area contributed by atoms with Gasteiger partial charge in [-0.25, -0.2) is 0 Å². The molecule has 0 spiro atoms. The minimum Gasteiger partial charge on any atom is -0.336 e. The molecule has 1 unspecified atom stereocenters. The molecule has 0 aromatic heterocycles. The van der Waals surface area contributed by atoms with Crippen molar-refractivity contribution in [3.8, 4) is 0 Å². The van der Waals surface area contributed by atoms with Crippen LogP contribution in [0.5, 0.6) is 0 Å². The molecule has 1 aliphatic rings. The molecule has 6 heteroatoms. The average molecular weight is 396 g/mol. The average Bonchev–Trinajstić information content (AvgIpc) is 2.63. The lowest BCUT2D eigenvalue weighted by atomic mass is 10.0. The standard InChI is InChI=1S/C21H33N3O2.ClH/c1-16-15-18(21(26)24-14-8-6-9-17(24)2)11-12-19(16)23-20(25)10-5-3-4-7-13-22;/h11-12,15,17H,3-10,13-14,22H2,1-2H3,(H,23,25);1H. The highest BCUT2D eigenvalue weighted by atomic mass is 35.5. The maximum absolute atomic E-state index is 12.8. The van der Waals surface area contributed by atoms with Crippen LogP contribution in [-0.2, 0) is 4.79 Å². The van der Waals surface area contributed by atoms with E-state index in [-0.39, 0.29) is 24.2 Å². The van der Waals surface area contributed by atoms with Gasteiger partial charge in [-0.05, 0) is 76.3 Å². The van der Waals surface area contributed by atoms with E-state index in [9.17, 15) is 9.59 Å². The van der Waals surface area contributed by atoms with Crippen LogP contribution in [0.3, 0.4) is 0 Å². The molecule has 1 atom stereocenters. The summed E-state index contributed by atoms with van der Waals surface area (Å²) in [6.45, 7) is 5.60. The van der Waals surface area contributed by atoms with Gasteiger partial charge in [0.1, 0.15) is 0 Å². The van der Waals surface area contributed by atoms with E-state index in [4.69, 9.17) is 5.73 Å². The second-order valence-electron chi connectivity index (χ2n) is 7.37. The van der Waals surface area contributed by atoms with E-state index in [0.717, 1.165) is 56.3 Å². The van der Waals surface area contributed by atoms with Crippen LogP contribution in [-0.4, -0.2) is 35.8 Å². The van der Waals surface area contributed by atoms with E-state index < -0.39 is 0 Å². The Hall–Kier alpha value is -1.59. The van der Waals surface area contributed by atoms with Crippen LogP contribution < -0.4 is 11.1 Å². The molecule has 1 aliphatic heterocycles. The Kier molecular flexibility index (Phi) is 10.4. The van der Waals surface area contributed by atoms with Gasteiger partial charge in [-0.2, -0.15) is 0 Å². The zero-order chi connectivity index (χ0) is 18.9. The van der Waals surface area contributed by atoms with Crippen molar-refractivity contribution in [2.45, 2.75) is 71.3 Å². The number of hydrogen-bond donors (Lipinski definition) is 2. The number of nitrogens with two attached hydrogens (primary N) is 1. The molecule has 2 amide bonds. The summed E-state index contributed by atoms with van der Waals surface area (Å²) in [5.74, 6) is 0.127. The monoisotopic (exact) mass is 395 g/mol. The van der Waals surface area contributed by atoms with Gasteiger partial charge in [0, 0.05) is 30.3 Å². The number of piperidine rings is 1. The predicted octanol–water partition coefficient (Wildman–Crippen LogP) is 4.28. The third-order valence-corrected chi connectivity index (χ3v) is 5.17. The first-order valence-corrected chi connectivity index (χ1v) is 9.94. The molecule has 1 aromatic rings. The highest BCUT2D eigenvalue weighted by molar-refractivity contribution is 5.96. The van der Waals surface area contributed by atoms with Crippen LogP contribution >= 0.6 is 12.4 Å². The summed E-state index contributed by atoms with van der Waals surface area (Å²) in [6, 6.07) is 5.87. The fourth-order valence-corrected chi connectivity index (χ4v) is 3.50. The molecule has 1 heterocycles. The topological polar surface area (TPSA) is 75.4 Å². The van der Waals surface area contributed by atoms with E-state index >= 15 is 0 Å². The molecule has 2 rings (SSSR count). The minimum absolute atomic E-state index is 0. The Labute approximate surface area is 169 Å². The number of benzene rings is 1. The Morgan fingerprint density at radius 3 is 2.59 bits per heavy atom. The predicted molar refractivity (Wildman–Crippen MR) is 114 cm³/mol. The summed E-state index contributed by atoms with van der Waals surface area (Å²) in [4.78, 5) is 26.8. The molecule has 0 saturated carbocycles. The maximum atomic E-state index is 12.8. The lowest BCUT2D eigenvalue weighted by Crippen LogP contribution is -2.42. The van der Waals surface area contributed by atoms with Crippen molar-refractivity contribution < 1.29 is 9.59 Å². The Morgan fingerprint density at radius 2 is 1.93 bits per heavy atom. The van der Waals surface area contributed by atoms with Crippen molar-refractivity contribution in [3.05, 3.63) is 29.3 Å². The highest BCUT2D eigenvalue weighted by Crippen LogP contribution is 2.22. The van der Waals surface area contributed by atoms with Crippen molar-refractivity contribution >= 4 is 29.9 Å². The lowest BCUT2D eigenvalue weighted by molar-refractivity contribution is -0.116. The quantitative estimate of drug-likeness (QED) is 0.645. The number of aryl methyl sites for hydroxylation is 1. The third-order valence-electron chi connectivity index (χ3n) is 5.17. The first kappa shape index (κ1) is 23.4. The Morgan fingerprint density at radius 1 is 1.19 bits per heavy atom. The molecule has 5 nitrogen and oxygen atoms in total. The first-order chi connectivity index (χ1) is 12.5. The van der Waals surface area contributed by atoms with Gasteiger partial charge in [0.15, 0.2) is 0 Å². The molecule has 3 N–H and O–H groups in total. The van der Waals surface area contributed by atoms with E-state index in [1.807, 2.05) is 30.0 Å². The van der Waals surface area contributed by atoms with E-state index in [1.165, 1.54) is 6.42 Å². The number of halogens is 1. The number of anilines is 1. The van der Waals surface area contributed by atoms with Crippen molar-refractivity contribution in [2.75, 3.05) is 18.4 Å². The molecule has 1 fully saturated rings. The number of nitrogens with zero attached hydrogens (tertiary/aromatic N) is 1. The number of carbonyl (C=O) groups excluding carboxylic acids is 2. The molecule has 1 aromatic carbocycles. The Balaban J connectivity index is 0.00000364. The summed E-state index contributed by atoms with van der Waals surface area (Å²) in [7, 11) is 0. The van der Waals surface area contributed by atoms with Gasteiger partial charge in [-0.3, -0.25) is 9.59 Å². The van der Waals surface area contributed by atoms with Crippen molar-refractivity contribution in [3.63, 3.8) is 0 Å². The number of nitrogens with one attached hydrogen (secondary N) is 1. The second kappa shape index (κ2) is 12.0. The number of rotatable bonds is 8. The third kappa shape index (κ3) is 7.15. The summed E-state index contributed by atoms with van der Waals surface area (Å²) < 4.78 is 0. The molecular weight excluding hydrogens is 362 g/mol. The highest BCUT2D eigenvalue weighted by Gasteiger charge is 2.24. The maximum Gasteiger partial charge on any atom is 0.254 e. The van der Waals surface area contributed by atoms with Crippen molar-refractivity contribution in [1.29, 1.82) is 0 Å². The number of carbonyl (C=O) groups is 2. The van der Waals surface area contributed by atoms with Crippen LogP contribution in [0.1, 0.15) is 74.2 Å². The van der Waals surface area contributed by atoms with Gasteiger partial charge >= 0.3 is 0 Å². The Bertz CT molecular complexity index is 621. The summed E-state index contributed by atoms with van der Waals surface area (Å²) in [6.07, 6.45) is 7.88. The molecule has 152 valence electrons. The zero-order valence-corrected chi connectivity index (χ0v) is 17.4. The van der Waals surface area contributed by atoms with Gasteiger partial charge in [0.25, 0.3) is 5.91 Å². The van der Waals surface area contributed by atoms with Crippen LogP contribution in [0.2, 0.25) is 0 Å². The zero-order valence-electron chi connectivity index (χ0n) is 16.6. The van der Waals surface area contributed by atoms with E-state index in [1.54, 1.807) is 0 Å². The minimum atomic E-state index is 0. The fraction of sp³-hybridized carbons (Fsp3) is 0.619. The molecule has 1 saturated heterocycles. The number of amides is 2. The smallest absolute Gasteiger partial charge is 0.254 e. The number of likely N-dealkylation sites (tertiary alicyclic amines) is 1. The number of unbranched alkanes of at least 4 members (excludes halogenated alkanes) is 3. The van der Waals surface area contributed by atoms with E-state index in [2.05, 4.69) is 12.2 Å². The van der Waals surface area contributed by atoms with Gasteiger partial charge in [0.2, 0.25) is 5.91 Å². The molecule has 0 bridgehead atoms. The van der Waals surface area contributed by atoms with Gasteiger partial charge in [0.05, 0.1) is 0 Å². The van der Waals surface area contributed by atoms with Crippen LogP contribution in [0.15, 0.2) is 18.2 Å². The van der Waals surface area contributed by atoms with Crippen LogP contribution in [0, 0.1) is 6.92 Å². The summed E-state index contributed by atoms with van der Waals surface area (Å²) in [5, 5.41) is 2.97.